The third kappa shape index (κ3) is 6.14. The molecule has 10 heteroatoms. The Labute approximate surface area is 225 Å². The lowest BCUT2D eigenvalue weighted by molar-refractivity contribution is -0.137. The average molecular weight is 556 g/mol. The molecule has 5 rings (SSSR count). The molecule has 0 spiro atoms. The molecule has 4 aromatic rings. The number of halogens is 3. The molecule has 1 fully saturated rings. The first-order valence-electron chi connectivity index (χ1n) is 12.6. The summed E-state index contributed by atoms with van der Waals surface area (Å²) in [4.78, 5) is 6.58. The number of alkyl halides is 3. The Balaban J connectivity index is 1.23. The first kappa shape index (κ1) is 27.3. The van der Waals surface area contributed by atoms with Crippen molar-refractivity contribution in [3.63, 3.8) is 0 Å². The maximum absolute atomic E-state index is 13.4. The van der Waals surface area contributed by atoms with Crippen LogP contribution in [0.3, 0.4) is 0 Å². The van der Waals surface area contributed by atoms with Gasteiger partial charge in [-0.15, -0.1) is 0 Å². The molecule has 1 aliphatic heterocycles. The van der Waals surface area contributed by atoms with Crippen molar-refractivity contribution in [3.05, 3.63) is 108 Å². The molecule has 1 unspecified atom stereocenters. The van der Waals surface area contributed by atoms with E-state index >= 15 is 0 Å². The summed E-state index contributed by atoms with van der Waals surface area (Å²) in [5.74, 6) is 0. The quantitative estimate of drug-likeness (QED) is 0.293. The number of piperazine rings is 1. The van der Waals surface area contributed by atoms with Gasteiger partial charge in [0.05, 0.1) is 17.7 Å². The highest BCUT2D eigenvalue weighted by atomic mass is 32.2. The molecule has 1 atom stereocenters. The number of hydrogen-bond donors (Lipinski definition) is 0. The molecule has 1 aliphatic rings. The van der Waals surface area contributed by atoms with Gasteiger partial charge in [0.25, 0.3) is 0 Å². The van der Waals surface area contributed by atoms with Crippen LogP contribution in [0.15, 0.2) is 96.0 Å². The topological polar surface area (TPSA) is 62.7 Å². The maximum Gasteiger partial charge on any atom is 0.416 e. The Morgan fingerprint density at radius 3 is 2.28 bits per heavy atom. The average Bonchev–Trinajstić information content (AvgIpc) is 2.95. The predicted octanol–water partition coefficient (Wildman–Crippen LogP) is 5.37. The molecule has 204 valence electrons. The van der Waals surface area contributed by atoms with Crippen LogP contribution in [0.5, 0.6) is 0 Å². The third-order valence-corrected chi connectivity index (χ3v) is 8.79. The number of nitrogens with zero attached hydrogens (tertiary/aromatic N) is 3. The Bertz CT molecular complexity index is 1520. The smallest absolute Gasteiger partial charge is 0.367 e. The van der Waals surface area contributed by atoms with E-state index in [1.54, 1.807) is 30.5 Å². The normalized spacial score (nSPS) is 16.4. The lowest BCUT2D eigenvalue weighted by Gasteiger charge is -2.34. The van der Waals surface area contributed by atoms with Gasteiger partial charge in [-0.3, -0.25) is 9.88 Å². The first-order chi connectivity index (χ1) is 18.7. The fourth-order valence-corrected chi connectivity index (χ4v) is 6.40. The highest BCUT2D eigenvalue weighted by molar-refractivity contribution is 7.89. The van der Waals surface area contributed by atoms with Crippen molar-refractivity contribution in [2.75, 3.05) is 39.3 Å². The minimum Gasteiger partial charge on any atom is -0.367 e. The number of fused-ring (bicyclic) bond motifs is 1. The monoisotopic (exact) mass is 555 g/mol. The van der Waals surface area contributed by atoms with Crippen LogP contribution in [0.2, 0.25) is 0 Å². The number of hydrogen-bond acceptors (Lipinski definition) is 5. The SMILES string of the molecule is O=S(=O)(c1cccc2cccnc12)N1CCN(CCOC(c2ccccc2)c2cccc(C(F)(F)F)c2)CC1. The second-order valence-corrected chi connectivity index (χ2v) is 11.3. The Morgan fingerprint density at radius 1 is 0.846 bits per heavy atom. The van der Waals surface area contributed by atoms with Gasteiger partial charge in [0.15, 0.2) is 0 Å². The Hall–Kier alpha value is -3.31. The van der Waals surface area contributed by atoms with E-state index in [9.17, 15) is 21.6 Å². The van der Waals surface area contributed by atoms with E-state index in [2.05, 4.69) is 9.88 Å². The van der Waals surface area contributed by atoms with Crippen molar-refractivity contribution < 1.29 is 26.3 Å². The van der Waals surface area contributed by atoms with Crippen molar-refractivity contribution in [2.24, 2.45) is 0 Å². The van der Waals surface area contributed by atoms with Crippen LogP contribution < -0.4 is 0 Å². The molecular formula is C29H28F3N3O3S. The molecule has 0 bridgehead atoms. The summed E-state index contributed by atoms with van der Waals surface area (Å²) in [5, 5.41) is 0.767. The van der Waals surface area contributed by atoms with Gasteiger partial charge in [0.2, 0.25) is 10.0 Å². The molecule has 39 heavy (non-hydrogen) atoms. The summed E-state index contributed by atoms with van der Waals surface area (Å²) in [6.07, 6.45) is -3.52. The molecule has 2 heterocycles. The molecule has 0 radical (unpaired) electrons. The molecule has 1 aromatic heterocycles. The lowest BCUT2D eigenvalue weighted by Crippen LogP contribution is -2.49. The molecular weight excluding hydrogens is 527 g/mol. The maximum atomic E-state index is 13.4. The van der Waals surface area contributed by atoms with Gasteiger partial charge in [-0.1, -0.05) is 60.7 Å². The Morgan fingerprint density at radius 2 is 1.54 bits per heavy atom. The second-order valence-electron chi connectivity index (χ2n) is 9.36. The van der Waals surface area contributed by atoms with Crippen LogP contribution >= 0.6 is 0 Å². The van der Waals surface area contributed by atoms with E-state index in [0.29, 0.717) is 43.8 Å². The molecule has 0 amide bonds. The fraction of sp³-hybridized carbons (Fsp3) is 0.276. The van der Waals surface area contributed by atoms with Gasteiger partial charge in [0.1, 0.15) is 11.0 Å². The van der Waals surface area contributed by atoms with Crippen LogP contribution in [-0.2, 0) is 20.9 Å². The molecule has 1 saturated heterocycles. The number of aromatic nitrogens is 1. The van der Waals surface area contributed by atoms with Crippen molar-refractivity contribution in [2.45, 2.75) is 17.2 Å². The second kappa shape index (κ2) is 11.4. The number of sulfonamides is 1. The minimum atomic E-state index is -4.45. The number of pyridine rings is 1. The van der Waals surface area contributed by atoms with Crippen molar-refractivity contribution in [1.82, 2.24) is 14.2 Å². The van der Waals surface area contributed by atoms with Crippen LogP contribution in [0.1, 0.15) is 22.8 Å². The van der Waals surface area contributed by atoms with Gasteiger partial charge in [-0.25, -0.2) is 8.42 Å². The molecule has 3 aromatic carbocycles. The van der Waals surface area contributed by atoms with Gasteiger partial charge < -0.3 is 4.74 Å². The zero-order valence-corrected chi connectivity index (χ0v) is 21.9. The minimum absolute atomic E-state index is 0.198. The lowest BCUT2D eigenvalue weighted by atomic mass is 9.99. The summed E-state index contributed by atoms with van der Waals surface area (Å²) >= 11 is 0. The van der Waals surface area contributed by atoms with Gasteiger partial charge in [-0.2, -0.15) is 17.5 Å². The van der Waals surface area contributed by atoms with Crippen molar-refractivity contribution in [3.8, 4) is 0 Å². The van der Waals surface area contributed by atoms with E-state index in [1.807, 2.05) is 42.5 Å². The van der Waals surface area contributed by atoms with Crippen LogP contribution in [0.25, 0.3) is 10.9 Å². The van der Waals surface area contributed by atoms with Gasteiger partial charge >= 0.3 is 6.18 Å². The zero-order valence-electron chi connectivity index (χ0n) is 21.1. The number of ether oxygens (including phenoxy) is 1. The third-order valence-electron chi connectivity index (χ3n) is 6.86. The zero-order chi connectivity index (χ0) is 27.5. The van der Waals surface area contributed by atoms with Crippen LogP contribution in [-0.4, -0.2) is 61.9 Å². The van der Waals surface area contributed by atoms with E-state index in [4.69, 9.17) is 4.74 Å². The summed E-state index contributed by atoms with van der Waals surface area (Å²) in [7, 11) is -3.71. The number of benzene rings is 3. The van der Waals surface area contributed by atoms with Gasteiger partial charge in [0, 0.05) is 44.3 Å². The highest BCUT2D eigenvalue weighted by Crippen LogP contribution is 2.33. The fourth-order valence-electron chi connectivity index (χ4n) is 4.81. The van der Waals surface area contributed by atoms with E-state index < -0.39 is 27.9 Å². The van der Waals surface area contributed by atoms with E-state index in [-0.39, 0.29) is 11.5 Å². The van der Waals surface area contributed by atoms with E-state index in [1.165, 1.54) is 10.4 Å². The summed E-state index contributed by atoms with van der Waals surface area (Å²) < 4.78 is 74.4. The van der Waals surface area contributed by atoms with Crippen LogP contribution in [0.4, 0.5) is 13.2 Å². The molecule has 6 nitrogen and oxygen atoms in total. The van der Waals surface area contributed by atoms with E-state index in [0.717, 1.165) is 23.1 Å². The first-order valence-corrected chi connectivity index (χ1v) is 14.1. The standard InChI is InChI=1S/C29H28F3N3O3S/c30-29(31,32)25-12-4-10-24(21-25)28(23-7-2-1-3-8-23)38-20-19-34-15-17-35(18-16-34)39(36,37)26-13-5-9-22-11-6-14-33-27(22)26/h1-14,21,28H,15-20H2. The van der Waals surface area contributed by atoms with Crippen LogP contribution in [0, 0.1) is 0 Å². The molecule has 0 saturated carbocycles. The number of para-hydroxylation sites is 1. The van der Waals surface area contributed by atoms with Crippen molar-refractivity contribution in [1.29, 1.82) is 0 Å². The highest BCUT2D eigenvalue weighted by Gasteiger charge is 2.32. The summed E-state index contributed by atoms with van der Waals surface area (Å²) in [5.41, 5.74) is 0.924. The molecule has 0 aliphatic carbocycles. The van der Waals surface area contributed by atoms with Gasteiger partial charge in [-0.05, 0) is 35.4 Å². The number of rotatable bonds is 8. The molecule has 0 N–H and O–H groups in total. The predicted molar refractivity (Wildman–Crippen MR) is 143 cm³/mol. The summed E-state index contributed by atoms with van der Waals surface area (Å²) in [6, 6.07) is 23.1. The van der Waals surface area contributed by atoms with Crippen molar-refractivity contribution >= 4 is 20.9 Å². The summed E-state index contributed by atoms with van der Waals surface area (Å²) in [6.45, 7) is 2.46. The Kier molecular flexibility index (Phi) is 7.99. The largest absolute Gasteiger partial charge is 0.416 e.